The fourth-order valence-electron chi connectivity index (χ4n) is 3.92. The van der Waals surface area contributed by atoms with Gasteiger partial charge in [-0.1, -0.05) is 49.7 Å². The van der Waals surface area contributed by atoms with Crippen LogP contribution < -0.4 is 10.2 Å². The summed E-state index contributed by atoms with van der Waals surface area (Å²) < 4.78 is 5.83. The van der Waals surface area contributed by atoms with Crippen molar-refractivity contribution in [2.45, 2.75) is 58.5 Å². The van der Waals surface area contributed by atoms with E-state index in [0.29, 0.717) is 6.10 Å². The maximum Gasteiger partial charge on any atom is 0.0559 e. The van der Waals surface area contributed by atoms with Crippen molar-refractivity contribution in [3.05, 3.63) is 59.7 Å². The summed E-state index contributed by atoms with van der Waals surface area (Å²) in [7, 11) is 0. The van der Waals surface area contributed by atoms with Crippen LogP contribution in [0.4, 0.5) is 11.4 Å². The van der Waals surface area contributed by atoms with Crippen LogP contribution >= 0.6 is 0 Å². The Labute approximate surface area is 171 Å². The van der Waals surface area contributed by atoms with Crippen molar-refractivity contribution >= 4 is 11.4 Å². The first-order valence-corrected chi connectivity index (χ1v) is 11.0. The van der Waals surface area contributed by atoms with E-state index < -0.39 is 0 Å². The highest BCUT2D eigenvalue weighted by Gasteiger charge is 2.19. The van der Waals surface area contributed by atoms with Crippen molar-refractivity contribution in [2.75, 3.05) is 31.1 Å². The van der Waals surface area contributed by atoms with E-state index in [0.717, 1.165) is 58.3 Å². The Hall–Kier alpha value is -1.84. The lowest BCUT2D eigenvalue weighted by Crippen LogP contribution is -2.26. The third-order valence-corrected chi connectivity index (χ3v) is 5.59. The van der Waals surface area contributed by atoms with Gasteiger partial charge in [0.1, 0.15) is 0 Å². The first-order chi connectivity index (χ1) is 13.8. The number of fused-ring (bicyclic) bond motifs is 2. The minimum atomic E-state index is 0.350. The molecule has 0 aliphatic carbocycles. The van der Waals surface area contributed by atoms with Crippen molar-refractivity contribution in [3.63, 3.8) is 0 Å². The Morgan fingerprint density at radius 2 is 1.57 bits per heavy atom. The number of hydrogen-bond acceptors (Lipinski definition) is 3. The molecule has 1 aliphatic heterocycles. The molecule has 1 heterocycles. The van der Waals surface area contributed by atoms with Crippen LogP contribution in [-0.4, -0.2) is 32.3 Å². The molecule has 1 atom stereocenters. The van der Waals surface area contributed by atoms with Gasteiger partial charge in [-0.05, 0) is 75.4 Å². The van der Waals surface area contributed by atoms with Gasteiger partial charge in [-0.25, -0.2) is 0 Å². The minimum absolute atomic E-state index is 0.350. The van der Waals surface area contributed by atoms with Crippen LogP contribution in [0.5, 0.6) is 0 Å². The predicted octanol–water partition coefficient (Wildman–Crippen LogP) is 5.50. The van der Waals surface area contributed by atoms with Crippen LogP contribution in [-0.2, 0) is 17.6 Å². The number of aryl methyl sites for hydroxylation is 2. The summed E-state index contributed by atoms with van der Waals surface area (Å²) >= 11 is 0. The van der Waals surface area contributed by atoms with Crippen LogP contribution in [0.25, 0.3) is 0 Å². The Balaban J connectivity index is 1.49. The molecular formula is C25H36N2O. The van der Waals surface area contributed by atoms with E-state index in [1.165, 1.54) is 28.9 Å². The summed E-state index contributed by atoms with van der Waals surface area (Å²) in [5.74, 6) is 0. The van der Waals surface area contributed by atoms with Crippen molar-refractivity contribution in [1.29, 1.82) is 0 Å². The fraction of sp³-hybridized carbons (Fsp3) is 0.520. The van der Waals surface area contributed by atoms with Crippen LogP contribution in [0, 0.1) is 0 Å². The fourth-order valence-corrected chi connectivity index (χ4v) is 3.92. The Morgan fingerprint density at radius 3 is 2.21 bits per heavy atom. The molecule has 0 spiro atoms. The third kappa shape index (κ3) is 5.83. The summed E-state index contributed by atoms with van der Waals surface area (Å²) in [6, 6.07) is 17.8. The number of benzene rings is 2. The topological polar surface area (TPSA) is 24.5 Å². The molecule has 0 aromatic heterocycles. The van der Waals surface area contributed by atoms with Crippen molar-refractivity contribution in [1.82, 2.24) is 5.32 Å². The van der Waals surface area contributed by atoms with Gasteiger partial charge in [0.05, 0.1) is 6.10 Å². The van der Waals surface area contributed by atoms with Gasteiger partial charge in [0.15, 0.2) is 0 Å². The van der Waals surface area contributed by atoms with Crippen LogP contribution in [0.15, 0.2) is 48.5 Å². The highest BCUT2D eigenvalue weighted by atomic mass is 16.5. The lowest BCUT2D eigenvalue weighted by Gasteiger charge is -2.27. The van der Waals surface area contributed by atoms with E-state index in [9.17, 15) is 0 Å². The standard InChI is InChI=1S/C25H36N2O/c1-3-4-20-28-21(2)16-18-26-17-9-19-27-24-12-7-5-10-22(24)14-15-23-11-6-8-13-25(23)27/h5-8,10-13,21,26H,3-4,9,14-20H2,1-2H3. The average Bonchev–Trinajstić information content (AvgIpc) is 2.88. The van der Waals surface area contributed by atoms with E-state index in [1.54, 1.807) is 0 Å². The van der Waals surface area contributed by atoms with Gasteiger partial charge in [0, 0.05) is 24.5 Å². The van der Waals surface area contributed by atoms with E-state index >= 15 is 0 Å². The molecule has 152 valence electrons. The predicted molar refractivity (Wildman–Crippen MR) is 120 cm³/mol. The summed E-state index contributed by atoms with van der Waals surface area (Å²) in [5.41, 5.74) is 5.69. The molecule has 3 heteroatoms. The van der Waals surface area contributed by atoms with E-state index in [4.69, 9.17) is 4.74 Å². The average molecular weight is 381 g/mol. The zero-order valence-electron chi connectivity index (χ0n) is 17.6. The second-order valence-corrected chi connectivity index (χ2v) is 7.84. The normalized spacial score (nSPS) is 14.3. The van der Waals surface area contributed by atoms with Crippen molar-refractivity contribution < 1.29 is 4.74 Å². The first kappa shape index (κ1) is 20.9. The van der Waals surface area contributed by atoms with Crippen LogP contribution in [0.2, 0.25) is 0 Å². The zero-order valence-corrected chi connectivity index (χ0v) is 17.6. The SMILES string of the molecule is CCCCOC(C)CCNCCCN1c2ccccc2CCc2ccccc21. The molecule has 0 saturated carbocycles. The first-order valence-electron chi connectivity index (χ1n) is 11.0. The molecule has 0 fully saturated rings. The molecule has 1 N–H and O–H groups in total. The summed E-state index contributed by atoms with van der Waals surface area (Å²) in [5, 5.41) is 3.60. The van der Waals surface area contributed by atoms with Crippen molar-refractivity contribution in [3.8, 4) is 0 Å². The summed E-state index contributed by atoms with van der Waals surface area (Å²) in [6.45, 7) is 8.40. The number of para-hydroxylation sites is 2. The lowest BCUT2D eigenvalue weighted by molar-refractivity contribution is 0.0585. The molecule has 2 aromatic carbocycles. The highest BCUT2D eigenvalue weighted by molar-refractivity contribution is 5.71. The molecule has 28 heavy (non-hydrogen) atoms. The Kier molecular flexibility index (Phi) is 8.38. The zero-order chi connectivity index (χ0) is 19.6. The number of hydrogen-bond donors (Lipinski definition) is 1. The van der Waals surface area contributed by atoms with Gasteiger partial charge in [-0.3, -0.25) is 0 Å². The summed E-state index contributed by atoms with van der Waals surface area (Å²) in [4.78, 5) is 2.52. The lowest BCUT2D eigenvalue weighted by atomic mass is 10.0. The maximum absolute atomic E-state index is 5.83. The molecule has 1 aliphatic rings. The molecule has 3 nitrogen and oxygen atoms in total. The van der Waals surface area contributed by atoms with Gasteiger partial charge in [0.2, 0.25) is 0 Å². The molecule has 0 amide bonds. The maximum atomic E-state index is 5.83. The molecule has 3 rings (SSSR count). The molecule has 2 aromatic rings. The monoisotopic (exact) mass is 380 g/mol. The number of unbranched alkanes of at least 4 members (excludes halogenated alkanes) is 1. The second kappa shape index (κ2) is 11.2. The van der Waals surface area contributed by atoms with E-state index in [1.807, 2.05) is 0 Å². The van der Waals surface area contributed by atoms with Gasteiger partial charge < -0.3 is 15.0 Å². The molecule has 0 radical (unpaired) electrons. The number of anilines is 2. The van der Waals surface area contributed by atoms with E-state index in [-0.39, 0.29) is 0 Å². The van der Waals surface area contributed by atoms with Crippen molar-refractivity contribution in [2.24, 2.45) is 0 Å². The Bertz CT molecular complexity index is 668. The van der Waals surface area contributed by atoms with Gasteiger partial charge in [-0.2, -0.15) is 0 Å². The largest absolute Gasteiger partial charge is 0.378 e. The smallest absolute Gasteiger partial charge is 0.0559 e. The molecule has 0 saturated heterocycles. The molecule has 1 unspecified atom stereocenters. The minimum Gasteiger partial charge on any atom is -0.378 e. The van der Waals surface area contributed by atoms with Gasteiger partial charge >= 0.3 is 0 Å². The quantitative estimate of drug-likeness (QED) is 0.521. The highest BCUT2D eigenvalue weighted by Crippen LogP contribution is 2.35. The Morgan fingerprint density at radius 1 is 0.929 bits per heavy atom. The number of nitrogens with zero attached hydrogens (tertiary/aromatic N) is 1. The van der Waals surface area contributed by atoms with Gasteiger partial charge in [-0.15, -0.1) is 0 Å². The van der Waals surface area contributed by atoms with Crippen LogP contribution in [0.1, 0.15) is 50.7 Å². The second-order valence-electron chi connectivity index (χ2n) is 7.84. The summed E-state index contributed by atoms with van der Waals surface area (Å²) in [6.07, 6.45) is 7.18. The molecule has 0 bridgehead atoms. The van der Waals surface area contributed by atoms with E-state index in [2.05, 4.69) is 72.6 Å². The van der Waals surface area contributed by atoms with Gasteiger partial charge in [0.25, 0.3) is 0 Å². The number of ether oxygens (including phenoxy) is 1. The number of nitrogens with one attached hydrogen (secondary N) is 1. The third-order valence-electron chi connectivity index (χ3n) is 5.59. The molecular weight excluding hydrogens is 344 g/mol. The van der Waals surface area contributed by atoms with Crippen LogP contribution in [0.3, 0.4) is 0 Å². The number of rotatable bonds is 11.